The van der Waals surface area contributed by atoms with E-state index in [1.807, 2.05) is 72.8 Å². The number of carbonyl (C=O) groups excluding carboxylic acids is 1. The van der Waals surface area contributed by atoms with Gasteiger partial charge < -0.3 is 0 Å². The molecule has 186 valence electrons. The highest BCUT2D eigenvalue weighted by Crippen LogP contribution is 2.38. The fraction of sp³-hybridized carbons (Fsp3) is 0. The molecule has 6 aromatic carbocycles. The van der Waals surface area contributed by atoms with Crippen molar-refractivity contribution in [1.82, 2.24) is 0 Å². The maximum absolute atomic E-state index is 12.8. The summed E-state index contributed by atoms with van der Waals surface area (Å²) in [6.45, 7) is 0. The minimum Gasteiger partial charge on any atom is -0.284 e. The molecule has 0 spiro atoms. The smallest absolute Gasteiger partial charge is 0.218 e. The van der Waals surface area contributed by atoms with E-state index in [1.165, 1.54) is 0 Å². The lowest BCUT2D eigenvalue weighted by molar-refractivity contribution is -0.106. The van der Waals surface area contributed by atoms with Crippen LogP contribution in [0.25, 0.3) is 44.5 Å². The summed E-state index contributed by atoms with van der Waals surface area (Å²) in [6.07, 6.45) is 0.914. The van der Waals surface area contributed by atoms with Gasteiger partial charge in [-0.25, -0.2) is 0 Å². The van der Waals surface area contributed by atoms with Crippen LogP contribution < -0.4 is 4.90 Å². The van der Waals surface area contributed by atoms with Crippen molar-refractivity contribution in [3.63, 3.8) is 0 Å². The van der Waals surface area contributed by atoms with Gasteiger partial charge in [0.15, 0.2) is 0 Å². The van der Waals surface area contributed by atoms with Crippen molar-refractivity contribution >= 4 is 17.8 Å². The molecule has 0 radical (unpaired) electrons. The molecule has 0 aliphatic heterocycles. The van der Waals surface area contributed by atoms with Gasteiger partial charge in [0.1, 0.15) is 0 Å². The minimum absolute atomic E-state index is 0.814. The standard InChI is InChI=1S/C37H27NO/c39-27-38(36-23-32(28-13-5-1-6-14-28)21-33(24-36)29-15-7-2-8-16-29)37-25-34(30-17-9-3-10-18-30)22-35(26-37)31-19-11-4-12-20-31/h1-27H. The third-order valence-electron chi connectivity index (χ3n) is 6.93. The molecule has 6 aromatic rings. The molecule has 0 aliphatic rings. The Labute approximate surface area is 229 Å². The summed E-state index contributed by atoms with van der Waals surface area (Å²) in [5.74, 6) is 0. The molecule has 0 bridgehead atoms. The van der Waals surface area contributed by atoms with Crippen LogP contribution in [0.2, 0.25) is 0 Å². The Morgan fingerprint density at radius 1 is 0.333 bits per heavy atom. The first-order valence-corrected chi connectivity index (χ1v) is 13.0. The molecular weight excluding hydrogens is 474 g/mol. The topological polar surface area (TPSA) is 20.3 Å². The Kier molecular flexibility index (Phi) is 6.83. The molecule has 0 N–H and O–H groups in total. The molecule has 39 heavy (non-hydrogen) atoms. The monoisotopic (exact) mass is 501 g/mol. The van der Waals surface area contributed by atoms with E-state index in [-0.39, 0.29) is 0 Å². The first kappa shape index (κ1) is 24.1. The van der Waals surface area contributed by atoms with Crippen LogP contribution in [0.1, 0.15) is 0 Å². The predicted molar refractivity (Wildman–Crippen MR) is 163 cm³/mol. The Morgan fingerprint density at radius 3 is 0.821 bits per heavy atom. The average Bonchev–Trinajstić information content (AvgIpc) is 3.03. The molecule has 0 fully saturated rings. The minimum atomic E-state index is 0.814. The van der Waals surface area contributed by atoms with E-state index in [1.54, 1.807) is 4.90 Å². The van der Waals surface area contributed by atoms with Gasteiger partial charge in [-0.2, -0.15) is 0 Å². The van der Waals surface area contributed by atoms with Gasteiger partial charge in [-0.3, -0.25) is 9.69 Å². The van der Waals surface area contributed by atoms with Crippen molar-refractivity contribution in [3.8, 4) is 44.5 Å². The lowest BCUT2D eigenvalue weighted by Crippen LogP contribution is -2.14. The summed E-state index contributed by atoms with van der Waals surface area (Å²) in [6, 6.07) is 53.9. The molecule has 6 rings (SSSR count). The molecule has 0 aliphatic carbocycles. The number of nitrogens with zero attached hydrogens (tertiary/aromatic N) is 1. The van der Waals surface area contributed by atoms with Crippen LogP contribution in [-0.2, 0) is 4.79 Å². The number of hydrogen-bond donors (Lipinski definition) is 0. The Morgan fingerprint density at radius 2 is 0.590 bits per heavy atom. The highest BCUT2D eigenvalue weighted by atomic mass is 16.1. The molecule has 0 unspecified atom stereocenters. The van der Waals surface area contributed by atoms with Crippen LogP contribution in [0, 0.1) is 0 Å². The zero-order valence-electron chi connectivity index (χ0n) is 21.4. The lowest BCUT2D eigenvalue weighted by atomic mass is 9.96. The van der Waals surface area contributed by atoms with E-state index < -0.39 is 0 Å². The second-order valence-corrected chi connectivity index (χ2v) is 9.48. The van der Waals surface area contributed by atoms with Gasteiger partial charge in [0.25, 0.3) is 0 Å². The first-order valence-electron chi connectivity index (χ1n) is 13.0. The molecular formula is C37H27NO. The highest BCUT2D eigenvalue weighted by Gasteiger charge is 2.15. The Balaban J connectivity index is 1.54. The summed E-state index contributed by atoms with van der Waals surface area (Å²) in [5.41, 5.74) is 10.3. The third-order valence-corrected chi connectivity index (χ3v) is 6.93. The van der Waals surface area contributed by atoms with Crippen molar-refractivity contribution in [2.45, 2.75) is 0 Å². The maximum Gasteiger partial charge on any atom is 0.218 e. The van der Waals surface area contributed by atoms with Crippen LogP contribution in [-0.4, -0.2) is 6.41 Å². The van der Waals surface area contributed by atoms with Crippen molar-refractivity contribution in [1.29, 1.82) is 0 Å². The van der Waals surface area contributed by atoms with E-state index in [9.17, 15) is 4.79 Å². The van der Waals surface area contributed by atoms with Crippen LogP contribution in [0.15, 0.2) is 158 Å². The fourth-order valence-electron chi connectivity index (χ4n) is 4.96. The number of rotatable bonds is 7. The van der Waals surface area contributed by atoms with Gasteiger partial charge in [-0.1, -0.05) is 121 Å². The van der Waals surface area contributed by atoms with Crippen LogP contribution in [0.4, 0.5) is 11.4 Å². The quantitative estimate of drug-likeness (QED) is 0.199. The highest BCUT2D eigenvalue weighted by molar-refractivity contribution is 5.93. The zero-order chi connectivity index (χ0) is 26.4. The molecule has 0 saturated heterocycles. The van der Waals surface area contributed by atoms with E-state index in [2.05, 4.69) is 84.9 Å². The molecule has 0 saturated carbocycles. The van der Waals surface area contributed by atoms with Gasteiger partial charge in [0, 0.05) is 11.4 Å². The first-order chi connectivity index (χ1) is 19.3. The van der Waals surface area contributed by atoms with Gasteiger partial charge in [-0.15, -0.1) is 0 Å². The summed E-state index contributed by atoms with van der Waals surface area (Å²) >= 11 is 0. The number of hydrogen-bond acceptors (Lipinski definition) is 1. The van der Waals surface area contributed by atoms with Crippen LogP contribution in [0.5, 0.6) is 0 Å². The molecule has 2 nitrogen and oxygen atoms in total. The normalized spacial score (nSPS) is 10.7. The summed E-state index contributed by atoms with van der Waals surface area (Å²) in [5, 5.41) is 0. The van der Waals surface area contributed by atoms with Gasteiger partial charge in [0.05, 0.1) is 0 Å². The largest absolute Gasteiger partial charge is 0.284 e. The second-order valence-electron chi connectivity index (χ2n) is 9.48. The molecule has 1 amide bonds. The number of amides is 1. The predicted octanol–water partition coefficient (Wildman–Crippen LogP) is 9.65. The third kappa shape index (κ3) is 5.27. The van der Waals surface area contributed by atoms with Crippen LogP contribution >= 0.6 is 0 Å². The zero-order valence-corrected chi connectivity index (χ0v) is 21.4. The lowest BCUT2D eigenvalue weighted by Gasteiger charge is -2.22. The summed E-state index contributed by atoms with van der Waals surface area (Å²) in [4.78, 5) is 14.6. The van der Waals surface area contributed by atoms with E-state index in [4.69, 9.17) is 0 Å². The van der Waals surface area contributed by atoms with E-state index >= 15 is 0 Å². The van der Waals surface area contributed by atoms with E-state index in [0.717, 1.165) is 62.3 Å². The molecule has 0 atom stereocenters. The van der Waals surface area contributed by atoms with Gasteiger partial charge in [0.2, 0.25) is 6.41 Å². The van der Waals surface area contributed by atoms with E-state index in [0.29, 0.717) is 0 Å². The van der Waals surface area contributed by atoms with Crippen molar-refractivity contribution in [2.24, 2.45) is 0 Å². The summed E-state index contributed by atoms with van der Waals surface area (Å²) < 4.78 is 0. The average molecular weight is 502 g/mol. The molecule has 0 heterocycles. The molecule has 2 heteroatoms. The Bertz CT molecular complexity index is 1450. The van der Waals surface area contributed by atoms with Crippen molar-refractivity contribution in [3.05, 3.63) is 158 Å². The maximum atomic E-state index is 12.8. The Hall–Kier alpha value is -5.21. The second kappa shape index (κ2) is 11.0. The molecule has 0 aromatic heterocycles. The fourth-order valence-corrected chi connectivity index (χ4v) is 4.96. The summed E-state index contributed by atoms with van der Waals surface area (Å²) in [7, 11) is 0. The SMILES string of the molecule is O=CN(c1cc(-c2ccccc2)cc(-c2ccccc2)c1)c1cc(-c2ccccc2)cc(-c2ccccc2)c1. The van der Waals surface area contributed by atoms with Crippen molar-refractivity contribution in [2.75, 3.05) is 4.90 Å². The number of carbonyl (C=O) groups is 1. The van der Waals surface area contributed by atoms with Gasteiger partial charge >= 0.3 is 0 Å². The number of anilines is 2. The van der Waals surface area contributed by atoms with Crippen molar-refractivity contribution < 1.29 is 4.79 Å². The van der Waals surface area contributed by atoms with Gasteiger partial charge in [-0.05, 0) is 80.9 Å². The van der Waals surface area contributed by atoms with Crippen LogP contribution in [0.3, 0.4) is 0 Å². The number of benzene rings is 6.